The summed E-state index contributed by atoms with van der Waals surface area (Å²) in [5.74, 6) is 0.120. The molecule has 0 spiro atoms. The molecule has 2 atom stereocenters. The zero-order valence-electron chi connectivity index (χ0n) is 9.45. The highest BCUT2D eigenvalue weighted by Crippen LogP contribution is 2.12. The Morgan fingerprint density at radius 3 is 2.87 bits per heavy atom. The van der Waals surface area contributed by atoms with Gasteiger partial charge in [-0.2, -0.15) is 5.26 Å². The number of thiazole rings is 1. The Morgan fingerprint density at radius 1 is 1.60 bits per heavy atom. The highest BCUT2D eigenvalue weighted by atomic mass is 32.1. The molecule has 0 amide bonds. The monoisotopic (exact) mass is 223 g/mol. The second-order valence-corrected chi connectivity index (χ2v) is 4.85. The predicted octanol–water partition coefficient (Wildman–Crippen LogP) is 2.48. The fraction of sp³-hybridized carbons (Fsp3) is 0.636. The number of nitrogens with zero attached hydrogens (tertiary/aromatic N) is 2. The summed E-state index contributed by atoms with van der Waals surface area (Å²) in [5, 5.41) is 12.1. The molecular formula is C11H17N3S. The van der Waals surface area contributed by atoms with Crippen molar-refractivity contribution in [3.63, 3.8) is 0 Å². The number of hydrogen-bond donors (Lipinski definition) is 1. The molecular weight excluding hydrogens is 206 g/mol. The molecule has 0 aliphatic rings. The van der Waals surface area contributed by atoms with Crippen LogP contribution >= 0.6 is 11.3 Å². The van der Waals surface area contributed by atoms with Crippen molar-refractivity contribution in [2.45, 2.75) is 39.8 Å². The average molecular weight is 223 g/mol. The lowest BCUT2D eigenvalue weighted by atomic mass is 10.0. The van der Waals surface area contributed by atoms with Gasteiger partial charge in [-0.3, -0.25) is 0 Å². The van der Waals surface area contributed by atoms with Gasteiger partial charge in [-0.1, -0.05) is 0 Å². The first-order valence-corrected chi connectivity index (χ1v) is 6.03. The Hall–Kier alpha value is -0.920. The van der Waals surface area contributed by atoms with Crippen LogP contribution in [0, 0.1) is 24.2 Å². The Morgan fingerprint density at radius 2 is 2.33 bits per heavy atom. The van der Waals surface area contributed by atoms with Crippen LogP contribution in [-0.4, -0.2) is 11.0 Å². The van der Waals surface area contributed by atoms with Gasteiger partial charge < -0.3 is 5.32 Å². The lowest BCUT2D eigenvalue weighted by Gasteiger charge is -2.14. The Balaban J connectivity index is 2.32. The Bertz CT molecular complexity index is 340. The summed E-state index contributed by atoms with van der Waals surface area (Å²) in [5.41, 5.74) is 2.97. The van der Waals surface area contributed by atoms with Gasteiger partial charge in [-0.25, -0.2) is 4.98 Å². The summed E-state index contributed by atoms with van der Waals surface area (Å²) in [7, 11) is 0. The third-order valence-corrected chi connectivity index (χ3v) is 3.32. The van der Waals surface area contributed by atoms with Crippen LogP contribution in [0.5, 0.6) is 0 Å². The first-order valence-electron chi connectivity index (χ1n) is 5.15. The van der Waals surface area contributed by atoms with Gasteiger partial charge in [0.1, 0.15) is 0 Å². The van der Waals surface area contributed by atoms with Gasteiger partial charge in [0.25, 0.3) is 0 Å². The number of nitrogens with one attached hydrogen (secondary N) is 1. The number of hydrogen-bond acceptors (Lipinski definition) is 4. The lowest BCUT2D eigenvalue weighted by Crippen LogP contribution is -2.27. The third kappa shape index (κ3) is 3.98. The molecule has 3 nitrogen and oxygen atoms in total. The Labute approximate surface area is 95.2 Å². The first kappa shape index (κ1) is 12.2. The molecule has 15 heavy (non-hydrogen) atoms. The first-order chi connectivity index (χ1) is 7.13. The van der Waals surface area contributed by atoms with Gasteiger partial charge in [0, 0.05) is 23.4 Å². The summed E-state index contributed by atoms with van der Waals surface area (Å²) in [6.45, 7) is 6.95. The maximum atomic E-state index is 8.69. The van der Waals surface area contributed by atoms with Gasteiger partial charge in [0.15, 0.2) is 0 Å². The largest absolute Gasteiger partial charge is 0.309 e. The van der Waals surface area contributed by atoms with Gasteiger partial charge in [-0.05, 0) is 27.2 Å². The number of nitriles is 1. The van der Waals surface area contributed by atoms with Crippen molar-refractivity contribution in [1.29, 1.82) is 5.26 Å². The molecule has 1 heterocycles. The minimum atomic E-state index is 0.120. The average Bonchev–Trinajstić information content (AvgIpc) is 2.61. The van der Waals surface area contributed by atoms with E-state index in [0.717, 1.165) is 18.7 Å². The van der Waals surface area contributed by atoms with E-state index >= 15 is 0 Å². The second kappa shape index (κ2) is 5.84. The van der Waals surface area contributed by atoms with Gasteiger partial charge >= 0.3 is 0 Å². The topological polar surface area (TPSA) is 48.7 Å². The predicted molar refractivity (Wildman–Crippen MR) is 62.5 cm³/mol. The van der Waals surface area contributed by atoms with Crippen LogP contribution < -0.4 is 5.32 Å². The van der Waals surface area contributed by atoms with Gasteiger partial charge in [0.05, 0.1) is 17.3 Å². The molecule has 0 saturated carbocycles. The van der Waals surface area contributed by atoms with Crippen LogP contribution in [0.4, 0.5) is 0 Å². The molecule has 0 radical (unpaired) electrons. The van der Waals surface area contributed by atoms with E-state index in [1.165, 1.54) is 4.88 Å². The minimum absolute atomic E-state index is 0.120. The van der Waals surface area contributed by atoms with Crippen molar-refractivity contribution in [1.82, 2.24) is 10.3 Å². The number of rotatable bonds is 5. The highest BCUT2D eigenvalue weighted by Gasteiger charge is 2.08. The molecule has 1 rings (SSSR count). The normalized spacial score (nSPS) is 14.5. The quantitative estimate of drug-likeness (QED) is 0.834. The summed E-state index contributed by atoms with van der Waals surface area (Å²) < 4.78 is 0. The standard InChI is InChI=1S/C11H17N3S/c1-8(5-12)4-9(2)13-6-11-10(3)14-7-15-11/h7-9,13H,4,6H2,1-3H3. The minimum Gasteiger partial charge on any atom is -0.309 e. The van der Waals surface area contributed by atoms with E-state index in [9.17, 15) is 0 Å². The van der Waals surface area contributed by atoms with Crippen LogP contribution in [0.2, 0.25) is 0 Å². The molecule has 0 aromatic carbocycles. The second-order valence-electron chi connectivity index (χ2n) is 3.91. The van der Waals surface area contributed by atoms with E-state index in [1.54, 1.807) is 11.3 Å². The summed E-state index contributed by atoms with van der Waals surface area (Å²) >= 11 is 1.68. The molecule has 4 heteroatoms. The van der Waals surface area contributed by atoms with E-state index < -0.39 is 0 Å². The number of aryl methyl sites for hydroxylation is 1. The van der Waals surface area contributed by atoms with Crippen molar-refractivity contribution >= 4 is 11.3 Å². The fourth-order valence-electron chi connectivity index (χ4n) is 1.43. The molecule has 1 N–H and O–H groups in total. The summed E-state index contributed by atoms with van der Waals surface area (Å²) in [4.78, 5) is 5.48. The molecule has 0 fully saturated rings. The molecule has 82 valence electrons. The van der Waals surface area contributed by atoms with Crippen molar-refractivity contribution in [2.75, 3.05) is 0 Å². The van der Waals surface area contributed by atoms with Crippen LogP contribution in [0.1, 0.15) is 30.8 Å². The van der Waals surface area contributed by atoms with Crippen LogP contribution in [-0.2, 0) is 6.54 Å². The van der Waals surface area contributed by atoms with E-state index in [0.29, 0.717) is 6.04 Å². The van der Waals surface area contributed by atoms with Gasteiger partial charge in [0.2, 0.25) is 0 Å². The summed E-state index contributed by atoms with van der Waals surface area (Å²) in [6.07, 6.45) is 0.897. The molecule has 0 bridgehead atoms. The zero-order chi connectivity index (χ0) is 11.3. The molecule has 0 aliphatic carbocycles. The van der Waals surface area contributed by atoms with Crippen molar-refractivity contribution in [3.05, 3.63) is 16.1 Å². The molecule has 0 saturated heterocycles. The van der Waals surface area contributed by atoms with E-state index in [1.807, 2.05) is 19.4 Å². The van der Waals surface area contributed by atoms with Crippen LogP contribution in [0.15, 0.2) is 5.51 Å². The van der Waals surface area contributed by atoms with Crippen LogP contribution in [0.3, 0.4) is 0 Å². The smallest absolute Gasteiger partial charge is 0.0798 e. The molecule has 0 aliphatic heterocycles. The molecule has 2 unspecified atom stereocenters. The van der Waals surface area contributed by atoms with Crippen LogP contribution in [0.25, 0.3) is 0 Å². The maximum absolute atomic E-state index is 8.69. The number of aromatic nitrogens is 1. The van der Waals surface area contributed by atoms with Crippen molar-refractivity contribution < 1.29 is 0 Å². The molecule has 1 aromatic rings. The van der Waals surface area contributed by atoms with Crippen molar-refractivity contribution in [3.8, 4) is 6.07 Å². The Kier molecular flexibility index (Phi) is 4.73. The summed E-state index contributed by atoms with van der Waals surface area (Å²) in [6, 6.07) is 2.63. The third-order valence-electron chi connectivity index (χ3n) is 2.38. The lowest BCUT2D eigenvalue weighted by molar-refractivity contribution is 0.470. The highest BCUT2D eigenvalue weighted by molar-refractivity contribution is 7.09. The van der Waals surface area contributed by atoms with E-state index in [-0.39, 0.29) is 5.92 Å². The zero-order valence-corrected chi connectivity index (χ0v) is 10.3. The SMILES string of the molecule is Cc1ncsc1CNC(C)CC(C)C#N. The fourth-order valence-corrected chi connectivity index (χ4v) is 2.16. The van der Waals surface area contributed by atoms with E-state index in [4.69, 9.17) is 5.26 Å². The van der Waals surface area contributed by atoms with Crippen molar-refractivity contribution in [2.24, 2.45) is 5.92 Å². The van der Waals surface area contributed by atoms with E-state index in [2.05, 4.69) is 23.3 Å². The van der Waals surface area contributed by atoms with Gasteiger partial charge in [-0.15, -0.1) is 11.3 Å². The molecule has 1 aromatic heterocycles. The maximum Gasteiger partial charge on any atom is 0.0798 e.